The van der Waals surface area contributed by atoms with Gasteiger partial charge in [0.2, 0.25) is 6.42 Å². The lowest BCUT2D eigenvalue weighted by atomic mass is 9.30. The minimum atomic E-state index is -6.88. The van der Waals surface area contributed by atoms with Gasteiger partial charge in [0.1, 0.15) is 39.2 Å². The molecule has 0 aromatic heterocycles. The van der Waals surface area contributed by atoms with Crippen molar-refractivity contribution in [1.82, 2.24) is 0 Å². The maximum atomic E-state index is 19.3. The van der Waals surface area contributed by atoms with Gasteiger partial charge in [-0.3, -0.25) is 0 Å². The molecule has 0 heterocycles. The minimum absolute atomic E-state index is 0.0609. The fourth-order valence-corrected chi connectivity index (χ4v) is 10.4. The number of benzene rings is 7. The Labute approximate surface area is 310 Å². The summed E-state index contributed by atoms with van der Waals surface area (Å²) in [5, 5.41) is -8.27. The van der Waals surface area contributed by atoms with E-state index in [4.69, 9.17) is 0 Å². The van der Waals surface area contributed by atoms with E-state index >= 15 is 61.2 Å². The van der Waals surface area contributed by atoms with Crippen LogP contribution >= 0.6 is 7.57 Å². The molecule has 0 N–H and O–H groups in total. The summed E-state index contributed by atoms with van der Waals surface area (Å²) in [5.41, 5.74) is -8.46. The molecular weight excluding hydrogens is 814 g/mol. The van der Waals surface area contributed by atoms with Gasteiger partial charge in [-0.05, 0) is 46.2 Å². The molecule has 0 amide bonds. The summed E-state index contributed by atoms with van der Waals surface area (Å²) >= 11 is 0. The molecule has 0 nitrogen and oxygen atoms in total. The van der Waals surface area contributed by atoms with Gasteiger partial charge in [-0.2, -0.15) is 0 Å². The van der Waals surface area contributed by atoms with Gasteiger partial charge in [-0.15, -0.1) is 5.46 Å². The first-order valence-corrected chi connectivity index (χ1v) is 17.8. The molecule has 0 spiro atoms. The summed E-state index contributed by atoms with van der Waals surface area (Å²) < 4.78 is 256. The highest BCUT2D eigenvalue weighted by Gasteiger charge is 2.56. The largest absolute Gasteiger partial charge is 0.498 e. The van der Waals surface area contributed by atoms with Crippen LogP contribution in [0, 0.1) is 88.4 Å². The average Bonchev–Trinajstić information content (AvgIpc) is 3.21. The normalized spacial score (nSPS) is 12.3. The Bertz CT molecular complexity index is 2670. The van der Waals surface area contributed by atoms with E-state index in [0.717, 1.165) is 66.7 Å². The molecule has 0 saturated carbocycles. The topological polar surface area (TPSA) is 0 Å². The molecule has 0 aliphatic rings. The number of fused-ring (bicyclic) bond motifs is 3. The third-order valence-corrected chi connectivity index (χ3v) is 12.8. The molecule has 0 aliphatic carbocycles. The average molecular weight is 830 g/mol. The van der Waals surface area contributed by atoms with E-state index in [1.54, 1.807) is 0 Å². The number of aryl methyl sites for hydroxylation is 1. The van der Waals surface area contributed by atoms with Crippen LogP contribution in [-0.4, -0.2) is 6.42 Å². The van der Waals surface area contributed by atoms with E-state index < -0.39 is 149 Å². The van der Waals surface area contributed by atoms with E-state index in [9.17, 15) is 8.78 Å². The smallest absolute Gasteiger partial charge is 0.296 e. The van der Waals surface area contributed by atoms with Crippen LogP contribution in [0.3, 0.4) is 0 Å². The molecule has 0 atom stereocenters. The van der Waals surface area contributed by atoms with Crippen molar-refractivity contribution in [2.75, 3.05) is 0 Å². The molecule has 18 heteroatoms. The molecule has 57 heavy (non-hydrogen) atoms. The van der Waals surface area contributed by atoms with Crippen LogP contribution in [0.5, 0.6) is 0 Å². The molecule has 292 valence electrons. The summed E-state index contributed by atoms with van der Waals surface area (Å²) in [6.07, 6.45) is -6.88. The van der Waals surface area contributed by atoms with E-state index in [1.165, 1.54) is 19.1 Å². The van der Waals surface area contributed by atoms with Crippen molar-refractivity contribution in [3.05, 3.63) is 166 Å². The SMILES string of the molecule is Cc1ccc2c([P+](F)(c3ccccc3)c3ccccc3)c([B-](F)(c3c(F)c(F)c(F)c(F)c3F)c3c(F)c(F)c(F)c(F)c3F)c3c(F)c(F)c(F)c(F)c3c2c1. The van der Waals surface area contributed by atoms with Crippen LogP contribution in [0.4, 0.5) is 70.0 Å². The standard InChI is InChI=1S/C39H16BF16P/c1-15-12-13-18-19(14-15)20-21(26(42)32(48)31(47)25(20)41)22(39(18)57(56,16-8-4-2-5-9-16)17-10-6-3-7-11-17)40(55,23-27(43)33(49)37(53)34(50)28(23)44)24-29(45)35(51)38(54)36(52)30(24)46/h2-14H,1H3. The van der Waals surface area contributed by atoms with Gasteiger partial charge >= 0.3 is 0 Å². The Morgan fingerprint density at radius 2 is 0.737 bits per heavy atom. The molecule has 7 aromatic carbocycles. The Morgan fingerprint density at radius 1 is 0.386 bits per heavy atom. The zero-order chi connectivity index (χ0) is 41.6. The van der Waals surface area contributed by atoms with Crippen molar-refractivity contribution in [2.24, 2.45) is 0 Å². The molecule has 0 saturated heterocycles. The third kappa shape index (κ3) is 5.44. The summed E-state index contributed by atoms with van der Waals surface area (Å²) in [7, 11) is -5.60. The van der Waals surface area contributed by atoms with E-state index in [-0.39, 0.29) is 5.56 Å². The predicted molar refractivity (Wildman–Crippen MR) is 184 cm³/mol. The van der Waals surface area contributed by atoms with Crippen LogP contribution in [-0.2, 0) is 0 Å². The third-order valence-electron chi connectivity index (χ3n) is 9.70. The van der Waals surface area contributed by atoms with Crippen molar-refractivity contribution in [1.29, 1.82) is 0 Å². The number of halogens is 16. The summed E-state index contributed by atoms with van der Waals surface area (Å²) in [6, 6.07) is 14.0. The van der Waals surface area contributed by atoms with Crippen LogP contribution in [0.15, 0.2) is 78.9 Å². The molecule has 7 aromatic rings. The second kappa shape index (κ2) is 13.8. The highest BCUT2D eigenvalue weighted by molar-refractivity contribution is 7.92. The molecule has 0 bridgehead atoms. The first-order valence-electron chi connectivity index (χ1n) is 16.1. The van der Waals surface area contributed by atoms with E-state index in [2.05, 4.69) is 0 Å². The Balaban J connectivity index is 1.97. The van der Waals surface area contributed by atoms with Crippen LogP contribution in [0.2, 0.25) is 0 Å². The molecule has 0 fully saturated rings. The van der Waals surface area contributed by atoms with Gasteiger partial charge in [0.25, 0.3) is 7.57 Å². The second-order valence-electron chi connectivity index (χ2n) is 12.8. The molecule has 0 radical (unpaired) electrons. The fourth-order valence-electron chi connectivity index (χ4n) is 7.24. The molecule has 7 rings (SSSR count). The summed E-state index contributed by atoms with van der Waals surface area (Å²) in [6.45, 7) is 1.28. The highest BCUT2D eigenvalue weighted by atomic mass is 31.2. The molecule has 0 aliphatic heterocycles. The number of hydrogen-bond donors (Lipinski definition) is 0. The van der Waals surface area contributed by atoms with Crippen molar-refractivity contribution in [3.63, 3.8) is 0 Å². The van der Waals surface area contributed by atoms with Crippen LogP contribution < -0.4 is 32.3 Å². The maximum Gasteiger partial charge on any atom is 0.296 e. The van der Waals surface area contributed by atoms with Crippen molar-refractivity contribution in [2.45, 2.75) is 6.92 Å². The molecular formula is C39H16BF16P. The summed E-state index contributed by atoms with van der Waals surface area (Å²) in [5.74, 6) is -42.6. The lowest BCUT2D eigenvalue weighted by molar-refractivity contribution is 0.380. The second-order valence-corrected chi connectivity index (χ2v) is 15.5. The lowest BCUT2D eigenvalue weighted by Gasteiger charge is -2.39. The molecule has 0 unspecified atom stereocenters. The fraction of sp³-hybridized carbons (Fsp3) is 0.0256. The van der Waals surface area contributed by atoms with Gasteiger partial charge in [0.15, 0.2) is 58.2 Å². The van der Waals surface area contributed by atoms with Gasteiger partial charge < -0.3 is 4.32 Å². The zero-order valence-corrected chi connectivity index (χ0v) is 29.0. The monoisotopic (exact) mass is 830 g/mol. The van der Waals surface area contributed by atoms with Crippen molar-refractivity contribution in [3.8, 4) is 0 Å². The van der Waals surface area contributed by atoms with Crippen molar-refractivity contribution < 1.29 is 70.0 Å². The van der Waals surface area contributed by atoms with E-state index in [1.807, 2.05) is 0 Å². The minimum Gasteiger partial charge on any atom is -0.498 e. The first kappa shape index (κ1) is 39.7. The van der Waals surface area contributed by atoms with Crippen LogP contribution in [0.1, 0.15) is 5.56 Å². The van der Waals surface area contributed by atoms with Gasteiger partial charge in [0, 0.05) is 10.8 Å². The Hall–Kier alpha value is -5.57. The predicted octanol–water partition coefficient (Wildman–Crippen LogP) is 9.36. The van der Waals surface area contributed by atoms with Gasteiger partial charge in [0.05, 0.1) is 0 Å². The Morgan fingerprint density at radius 3 is 1.14 bits per heavy atom. The zero-order valence-electron chi connectivity index (χ0n) is 28.1. The van der Waals surface area contributed by atoms with Gasteiger partial charge in [-0.25, -0.2) is 61.5 Å². The summed E-state index contributed by atoms with van der Waals surface area (Å²) in [4.78, 5) is 0. The number of hydrogen-bond acceptors (Lipinski definition) is 0. The number of rotatable bonds is 6. The maximum absolute atomic E-state index is 19.3. The first-order chi connectivity index (χ1) is 26.8. The van der Waals surface area contributed by atoms with Crippen LogP contribution in [0.25, 0.3) is 21.5 Å². The van der Waals surface area contributed by atoms with Gasteiger partial charge in [-0.1, -0.05) is 71.1 Å². The van der Waals surface area contributed by atoms with Crippen molar-refractivity contribution >= 4 is 67.8 Å². The van der Waals surface area contributed by atoms with E-state index in [0.29, 0.717) is 0 Å². The Kier molecular flexibility index (Phi) is 9.62. The lowest BCUT2D eigenvalue weighted by Crippen LogP contribution is -2.72. The quantitative estimate of drug-likeness (QED) is 0.0392. The highest BCUT2D eigenvalue weighted by Crippen LogP contribution is 2.59.